The van der Waals surface area contributed by atoms with E-state index in [9.17, 15) is 4.79 Å². The summed E-state index contributed by atoms with van der Waals surface area (Å²) in [5, 5.41) is 15.1. The lowest BCUT2D eigenvalue weighted by Gasteiger charge is -2.24. The zero-order chi connectivity index (χ0) is 19.2. The quantitative estimate of drug-likeness (QED) is 0.829. The molecule has 5 nitrogen and oxygen atoms in total. The Morgan fingerprint density at radius 2 is 1.88 bits per heavy atom. The highest BCUT2D eigenvalue weighted by atomic mass is 16.5. The smallest absolute Gasteiger partial charge is 0.242 e. The Balaban J connectivity index is 1.89. The second-order valence-corrected chi connectivity index (χ2v) is 7.23. The van der Waals surface area contributed by atoms with E-state index in [1.165, 1.54) is 0 Å². The zero-order valence-electron chi connectivity index (χ0n) is 15.7. The molecule has 0 aliphatic carbocycles. The van der Waals surface area contributed by atoms with Gasteiger partial charge >= 0.3 is 0 Å². The van der Waals surface area contributed by atoms with Crippen molar-refractivity contribution < 1.29 is 9.53 Å². The topological polar surface area (TPSA) is 74.1 Å². The molecule has 0 aliphatic heterocycles. The fourth-order valence-corrected chi connectivity index (χ4v) is 2.34. The molecule has 0 aromatic heterocycles. The van der Waals surface area contributed by atoms with Crippen molar-refractivity contribution >= 4 is 11.6 Å². The Kier molecular flexibility index (Phi) is 6.24. The van der Waals surface area contributed by atoms with Gasteiger partial charge in [-0.15, -0.1) is 0 Å². The van der Waals surface area contributed by atoms with Crippen LogP contribution in [0.1, 0.15) is 38.8 Å². The molecule has 0 heterocycles. The third-order valence-electron chi connectivity index (χ3n) is 3.59. The maximum Gasteiger partial charge on any atom is 0.242 e. The minimum Gasteiger partial charge on any atom is -0.489 e. The maximum atomic E-state index is 12.1. The summed E-state index contributed by atoms with van der Waals surface area (Å²) in [4.78, 5) is 12.1. The number of nitriles is 1. The highest BCUT2D eigenvalue weighted by Crippen LogP contribution is 2.18. The van der Waals surface area contributed by atoms with Gasteiger partial charge in [0.15, 0.2) is 0 Å². The van der Waals surface area contributed by atoms with E-state index in [-0.39, 0.29) is 17.5 Å². The Bertz CT molecular complexity index is 786. The van der Waals surface area contributed by atoms with E-state index in [1.807, 2.05) is 70.2 Å². The van der Waals surface area contributed by atoms with Crippen LogP contribution in [0.4, 0.5) is 5.69 Å². The molecular formula is C21H25N3O2. The maximum absolute atomic E-state index is 12.1. The SMILES string of the molecule is CC(Nc1ccc(OCc2cccc(C#N)c2)cc1)C(=O)NC(C)(C)C. The van der Waals surface area contributed by atoms with Crippen LogP contribution in [-0.4, -0.2) is 17.5 Å². The number of benzene rings is 2. The van der Waals surface area contributed by atoms with Crippen molar-refractivity contribution in [2.24, 2.45) is 0 Å². The number of ether oxygens (including phenoxy) is 1. The molecule has 26 heavy (non-hydrogen) atoms. The molecule has 5 heteroatoms. The van der Waals surface area contributed by atoms with Crippen LogP contribution in [0.25, 0.3) is 0 Å². The van der Waals surface area contributed by atoms with Crippen molar-refractivity contribution in [3.63, 3.8) is 0 Å². The highest BCUT2D eigenvalue weighted by molar-refractivity contribution is 5.84. The average Bonchev–Trinajstić information content (AvgIpc) is 2.60. The Morgan fingerprint density at radius 1 is 1.19 bits per heavy atom. The van der Waals surface area contributed by atoms with Crippen LogP contribution < -0.4 is 15.4 Å². The van der Waals surface area contributed by atoms with Gasteiger partial charge in [0.1, 0.15) is 18.4 Å². The van der Waals surface area contributed by atoms with Gasteiger partial charge in [-0.1, -0.05) is 12.1 Å². The molecule has 1 amide bonds. The van der Waals surface area contributed by atoms with Crippen LogP contribution in [0.3, 0.4) is 0 Å². The molecule has 0 saturated carbocycles. The molecule has 2 aromatic carbocycles. The van der Waals surface area contributed by atoms with E-state index in [1.54, 1.807) is 6.07 Å². The van der Waals surface area contributed by atoms with Crippen molar-refractivity contribution in [1.82, 2.24) is 5.32 Å². The average molecular weight is 351 g/mol. The fourth-order valence-electron chi connectivity index (χ4n) is 2.34. The molecule has 2 aromatic rings. The van der Waals surface area contributed by atoms with E-state index in [0.717, 1.165) is 17.0 Å². The van der Waals surface area contributed by atoms with Crippen LogP contribution in [0.15, 0.2) is 48.5 Å². The van der Waals surface area contributed by atoms with Crippen molar-refractivity contribution in [2.45, 2.75) is 45.9 Å². The number of carbonyl (C=O) groups is 1. The summed E-state index contributed by atoms with van der Waals surface area (Å²) in [6, 6.07) is 16.6. The molecule has 1 atom stereocenters. The molecule has 0 saturated heterocycles. The van der Waals surface area contributed by atoms with Crippen LogP contribution >= 0.6 is 0 Å². The van der Waals surface area contributed by atoms with Gasteiger partial charge in [0, 0.05) is 11.2 Å². The first kappa shape index (κ1) is 19.3. The minimum absolute atomic E-state index is 0.0461. The normalized spacial score (nSPS) is 12.0. The zero-order valence-corrected chi connectivity index (χ0v) is 15.7. The Hall–Kier alpha value is -3.00. The molecule has 0 fully saturated rings. The summed E-state index contributed by atoms with van der Waals surface area (Å²) in [7, 11) is 0. The summed E-state index contributed by atoms with van der Waals surface area (Å²) in [5.74, 6) is 0.680. The van der Waals surface area contributed by atoms with Crippen molar-refractivity contribution in [3.8, 4) is 11.8 Å². The number of nitrogens with zero attached hydrogens (tertiary/aromatic N) is 1. The number of amides is 1. The Labute approximate surface area is 155 Å². The van der Waals surface area contributed by atoms with Crippen LogP contribution in [-0.2, 0) is 11.4 Å². The van der Waals surface area contributed by atoms with Gasteiger partial charge in [-0.05, 0) is 69.7 Å². The number of hydrogen-bond acceptors (Lipinski definition) is 4. The van der Waals surface area contributed by atoms with Crippen LogP contribution in [0, 0.1) is 11.3 Å². The third kappa shape index (κ3) is 6.14. The molecular weight excluding hydrogens is 326 g/mol. The number of rotatable bonds is 6. The van der Waals surface area contributed by atoms with E-state index < -0.39 is 0 Å². The number of carbonyl (C=O) groups excluding carboxylic acids is 1. The molecule has 0 bridgehead atoms. The summed E-state index contributed by atoms with van der Waals surface area (Å²) < 4.78 is 5.75. The Morgan fingerprint density at radius 3 is 2.50 bits per heavy atom. The lowest BCUT2D eigenvalue weighted by atomic mass is 10.1. The van der Waals surface area contributed by atoms with Gasteiger partial charge in [-0.3, -0.25) is 4.79 Å². The van der Waals surface area contributed by atoms with E-state index >= 15 is 0 Å². The van der Waals surface area contributed by atoms with E-state index in [0.29, 0.717) is 12.2 Å². The highest BCUT2D eigenvalue weighted by Gasteiger charge is 2.18. The van der Waals surface area contributed by atoms with Gasteiger partial charge in [0.05, 0.1) is 11.6 Å². The molecule has 0 aliphatic rings. The molecule has 2 N–H and O–H groups in total. The predicted molar refractivity (Wildman–Crippen MR) is 103 cm³/mol. The van der Waals surface area contributed by atoms with Gasteiger partial charge in [0.2, 0.25) is 5.91 Å². The van der Waals surface area contributed by atoms with Crippen molar-refractivity contribution in [3.05, 3.63) is 59.7 Å². The fraction of sp³-hybridized carbons (Fsp3) is 0.333. The summed E-state index contributed by atoms with van der Waals surface area (Å²) in [5.41, 5.74) is 2.15. The molecule has 136 valence electrons. The first-order chi connectivity index (χ1) is 12.3. The number of anilines is 1. The van der Waals surface area contributed by atoms with Crippen molar-refractivity contribution in [1.29, 1.82) is 5.26 Å². The summed E-state index contributed by atoms with van der Waals surface area (Å²) >= 11 is 0. The van der Waals surface area contributed by atoms with Crippen LogP contribution in [0.5, 0.6) is 5.75 Å². The molecule has 2 rings (SSSR count). The molecule has 0 radical (unpaired) electrons. The van der Waals surface area contributed by atoms with E-state index in [4.69, 9.17) is 10.00 Å². The minimum atomic E-state index is -0.338. The second-order valence-electron chi connectivity index (χ2n) is 7.23. The number of nitrogens with one attached hydrogen (secondary N) is 2. The predicted octanol–water partition coefficient (Wildman–Crippen LogP) is 3.85. The van der Waals surface area contributed by atoms with Crippen molar-refractivity contribution in [2.75, 3.05) is 5.32 Å². The number of hydrogen-bond donors (Lipinski definition) is 2. The van der Waals surface area contributed by atoms with Gasteiger partial charge in [-0.25, -0.2) is 0 Å². The largest absolute Gasteiger partial charge is 0.489 e. The standard InChI is InChI=1S/C21H25N3O2/c1-15(20(25)24-21(2,3)4)23-18-8-10-19(11-9-18)26-14-17-7-5-6-16(12-17)13-22/h5-12,15,23H,14H2,1-4H3,(H,24,25). The first-order valence-corrected chi connectivity index (χ1v) is 8.57. The lowest BCUT2D eigenvalue weighted by molar-refractivity contribution is -0.122. The van der Waals surface area contributed by atoms with E-state index in [2.05, 4.69) is 16.7 Å². The summed E-state index contributed by atoms with van der Waals surface area (Å²) in [6.45, 7) is 8.09. The van der Waals surface area contributed by atoms with Gasteiger partial charge in [-0.2, -0.15) is 5.26 Å². The van der Waals surface area contributed by atoms with Crippen LogP contribution in [0.2, 0.25) is 0 Å². The second kappa shape index (κ2) is 8.39. The monoisotopic (exact) mass is 351 g/mol. The molecule has 1 unspecified atom stereocenters. The summed E-state index contributed by atoms with van der Waals surface area (Å²) in [6.07, 6.45) is 0. The lowest BCUT2D eigenvalue weighted by Crippen LogP contribution is -2.47. The first-order valence-electron chi connectivity index (χ1n) is 8.57. The molecule has 0 spiro atoms. The van der Waals surface area contributed by atoms with Gasteiger partial charge in [0.25, 0.3) is 0 Å². The van der Waals surface area contributed by atoms with Gasteiger partial charge < -0.3 is 15.4 Å². The third-order valence-corrected chi connectivity index (χ3v) is 3.59.